The molecular formula is C15H23N3O. The number of benzene rings is 1. The van der Waals surface area contributed by atoms with Crippen LogP contribution in [-0.4, -0.2) is 38.2 Å². The quantitative estimate of drug-likeness (QED) is 0.753. The summed E-state index contributed by atoms with van der Waals surface area (Å²) in [4.78, 5) is 2.57. The van der Waals surface area contributed by atoms with Crippen LogP contribution in [0.4, 0.5) is 5.69 Å². The van der Waals surface area contributed by atoms with Gasteiger partial charge in [0.15, 0.2) is 0 Å². The van der Waals surface area contributed by atoms with Crippen molar-refractivity contribution in [3.63, 3.8) is 0 Å². The molecule has 0 bridgehead atoms. The second-order valence-electron chi connectivity index (χ2n) is 6.26. The number of rotatable bonds is 1. The van der Waals surface area contributed by atoms with E-state index in [9.17, 15) is 0 Å². The number of fused-ring (bicyclic) bond motifs is 3. The molecule has 0 saturated carbocycles. The Morgan fingerprint density at radius 3 is 2.95 bits per heavy atom. The van der Waals surface area contributed by atoms with E-state index in [0.29, 0.717) is 6.04 Å². The number of hydrogen-bond donors (Lipinski definition) is 2. The Hall–Kier alpha value is -1.26. The van der Waals surface area contributed by atoms with Crippen molar-refractivity contribution in [1.82, 2.24) is 10.2 Å². The molecule has 1 aromatic rings. The first-order chi connectivity index (χ1) is 9.03. The zero-order valence-corrected chi connectivity index (χ0v) is 12.0. The van der Waals surface area contributed by atoms with Gasteiger partial charge in [-0.3, -0.25) is 4.90 Å². The molecule has 19 heavy (non-hydrogen) atoms. The lowest BCUT2D eigenvalue weighted by Gasteiger charge is -2.47. The highest BCUT2D eigenvalue weighted by Crippen LogP contribution is 2.43. The molecule has 0 aliphatic carbocycles. The number of ether oxygens (including phenoxy) is 1. The van der Waals surface area contributed by atoms with Crippen LogP contribution in [0.1, 0.15) is 31.0 Å². The third kappa shape index (κ3) is 1.99. The number of nitrogens with two attached hydrogens (primary N) is 1. The monoisotopic (exact) mass is 261 g/mol. The SMILES string of the molecule is COc1cc2c(cc1N)C1CNCCN1CC2(C)C. The van der Waals surface area contributed by atoms with E-state index < -0.39 is 0 Å². The van der Waals surface area contributed by atoms with Crippen molar-refractivity contribution in [2.24, 2.45) is 0 Å². The van der Waals surface area contributed by atoms with Crippen LogP contribution in [0.3, 0.4) is 0 Å². The molecule has 4 nitrogen and oxygen atoms in total. The van der Waals surface area contributed by atoms with Crippen molar-refractivity contribution < 1.29 is 4.74 Å². The minimum atomic E-state index is 0.143. The van der Waals surface area contributed by atoms with Gasteiger partial charge in [0.2, 0.25) is 0 Å². The maximum atomic E-state index is 6.10. The lowest BCUT2D eigenvalue weighted by Crippen LogP contribution is -2.53. The lowest BCUT2D eigenvalue weighted by atomic mass is 9.75. The van der Waals surface area contributed by atoms with Crippen molar-refractivity contribution in [2.75, 3.05) is 39.0 Å². The molecular weight excluding hydrogens is 238 g/mol. The highest BCUT2D eigenvalue weighted by molar-refractivity contribution is 5.59. The van der Waals surface area contributed by atoms with E-state index in [-0.39, 0.29) is 5.41 Å². The average Bonchev–Trinajstić information content (AvgIpc) is 2.37. The molecule has 4 heteroatoms. The summed E-state index contributed by atoms with van der Waals surface area (Å²) < 4.78 is 5.39. The molecule has 1 fully saturated rings. The van der Waals surface area contributed by atoms with Crippen LogP contribution in [0.5, 0.6) is 5.75 Å². The van der Waals surface area contributed by atoms with Crippen molar-refractivity contribution in [3.8, 4) is 5.75 Å². The molecule has 2 aliphatic rings. The van der Waals surface area contributed by atoms with Crippen molar-refractivity contribution >= 4 is 5.69 Å². The highest BCUT2D eigenvalue weighted by Gasteiger charge is 2.39. The van der Waals surface area contributed by atoms with E-state index in [2.05, 4.69) is 36.2 Å². The van der Waals surface area contributed by atoms with Gasteiger partial charge < -0.3 is 15.8 Å². The summed E-state index contributed by atoms with van der Waals surface area (Å²) in [7, 11) is 1.68. The van der Waals surface area contributed by atoms with Crippen LogP contribution in [-0.2, 0) is 5.41 Å². The van der Waals surface area contributed by atoms with Crippen LogP contribution >= 0.6 is 0 Å². The molecule has 0 amide bonds. The van der Waals surface area contributed by atoms with Gasteiger partial charge in [-0.15, -0.1) is 0 Å². The van der Waals surface area contributed by atoms with Gasteiger partial charge in [-0.2, -0.15) is 0 Å². The van der Waals surface area contributed by atoms with E-state index in [1.807, 2.05) is 0 Å². The van der Waals surface area contributed by atoms with Crippen LogP contribution in [0.2, 0.25) is 0 Å². The molecule has 3 N–H and O–H groups in total. The van der Waals surface area contributed by atoms with E-state index in [1.165, 1.54) is 11.1 Å². The molecule has 1 saturated heterocycles. The summed E-state index contributed by atoms with van der Waals surface area (Å²) in [5.74, 6) is 0.795. The summed E-state index contributed by atoms with van der Waals surface area (Å²) in [5, 5.41) is 3.49. The number of nitrogens with zero attached hydrogens (tertiary/aromatic N) is 1. The van der Waals surface area contributed by atoms with Gasteiger partial charge in [0, 0.05) is 37.6 Å². The van der Waals surface area contributed by atoms with E-state index >= 15 is 0 Å². The van der Waals surface area contributed by atoms with E-state index in [0.717, 1.165) is 37.6 Å². The van der Waals surface area contributed by atoms with Gasteiger partial charge in [0.1, 0.15) is 5.75 Å². The molecule has 1 aromatic carbocycles. The summed E-state index contributed by atoms with van der Waals surface area (Å²) in [6.07, 6.45) is 0. The number of hydrogen-bond acceptors (Lipinski definition) is 4. The highest BCUT2D eigenvalue weighted by atomic mass is 16.5. The topological polar surface area (TPSA) is 50.5 Å². The van der Waals surface area contributed by atoms with Gasteiger partial charge >= 0.3 is 0 Å². The summed E-state index contributed by atoms with van der Waals surface area (Å²) in [5.41, 5.74) is 9.73. The first-order valence-electron chi connectivity index (χ1n) is 6.95. The fourth-order valence-electron chi connectivity index (χ4n) is 3.49. The van der Waals surface area contributed by atoms with Crippen molar-refractivity contribution in [2.45, 2.75) is 25.3 Å². The van der Waals surface area contributed by atoms with Gasteiger partial charge in [-0.25, -0.2) is 0 Å². The lowest BCUT2D eigenvalue weighted by molar-refractivity contribution is 0.114. The van der Waals surface area contributed by atoms with E-state index in [4.69, 9.17) is 10.5 Å². The van der Waals surface area contributed by atoms with Crippen LogP contribution in [0.15, 0.2) is 12.1 Å². The largest absolute Gasteiger partial charge is 0.495 e. The second kappa shape index (κ2) is 4.39. The number of nitrogens with one attached hydrogen (secondary N) is 1. The minimum absolute atomic E-state index is 0.143. The predicted octanol–water partition coefficient (Wildman–Crippen LogP) is 1.51. The summed E-state index contributed by atoms with van der Waals surface area (Å²) >= 11 is 0. The zero-order valence-electron chi connectivity index (χ0n) is 12.0. The molecule has 1 unspecified atom stereocenters. The van der Waals surface area contributed by atoms with Gasteiger partial charge in [0.05, 0.1) is 12.8 Å². The Morgan fingerprint density at radius 1 is 1.42 bits per heavy atom. The molecule has 0 radical (unpaired) electrons. The smallest absolute Gasteiger partial charge is 0.142 e. The number of piperazine rings is 1. The predicted molar refractivity (Wildman–Crippen MR) is 77.6 cm³/mol. The molecule has 1 atom stereocenters. The molecule has 2 heterocycles. The average molecular weight is 261 g/mol. The van der Waals surface area contributed by atoms with Crippen molar-refractivity contribution in [3.05, 3.63) is 23.3 Å². The first kappa shape index (κ1) is 12.8. The Bertz CT molecular complexity index is 498. The molecule has 0 aromatic heterocycles. The first-order valence-corrected chi connectivity index (χ1v) is 6.95. The molecule has 2 aliphatic heterocycles. The minimum Gasteiger partial charge on any atom is -0.495 e. The fourth-order valence-corrected chi connectivity index (χ4v) is 3.49. The van der Waals surface area contributed by atoms with Crippen LogP contribution < -0.4 is 15.8 Å². The van der Waals surface area contributed by atoms with Crippen LogP contribution in [0, 0.1) is 0 Å². The maximum Gasteiger partial charge on any atom is 0.142 e. The number of nitrogen functional groups attached to an aromatic ring is 1. The van der Waals surface area contributed by atoms with Crippen LogP contribution in [0.25, 0.3) is 0 Å². The number of methoxy groups -OCH3 is 1. The maximum absolute atomic E-state index is 6.10. The number of anilines is 1. The van der Waals surface area contributed by atoms with Gasteiger partial charge in [0.25, 0.3) is 0 Å². The Kier molecular flexibility index (Phi) is 2.95. The third-order valence-corrected chi connectivity index (χ3v) is 4.44. The standard InChI is InChI=1S/C15H23N3O/c1-15(2)9-18-5-4-17-8-13(18)10-6-12(16)14(19-3)7-11(10)15/h6-7,13,17H,4-5,8-9,16H2,1-3H3. The third-order valence-electron chi connectivity index (χ3n) is 4.44. The van der Waals surface area contributed by atoms with Gasteiger partial charge in [-0.1, -0.05) is 13.8 Å². The van der Waals surface area contributed by atoms with Gasteiger partial charge in [-0.05, 0) is 23.3 Å². The van der Waals surface area contributed by atoms with E-state index in [1.54, 1.807) is 7.11 Å². The Labute approximate surface area is 114 Å². The summed E-state index contributed by atoms with van der Waals surface area (Å²) in [6.45, 7) is 8.90. The second-order valence-corrected chi connectivity index (χ2v) is 6.26. The molecule has 104 valence electrons. The normalized spacial score (nSPS) is 25.5. The van der Waals surface area contributed by atoms with Crippen molar-refractivity contribution in [1.29, 1.82) is 0 Å². The Morgan fingerprint density at radius 2 is 2.21 bits per heavy atom. The fraction of sp³-hybridized carbons (Fsp3) is 0.600. The zero-order chi connectivity index (χ0) is 13.6. The molecule has 0 spiro atoms. The Balaban J connectivity index is 2.13. The molecule has 3 rings (SSSR count). The summed E-state index contributed by atoms with van der Waals surface area (Å²) in [6, 6.07) is 4.70.